The second kappa shape index (κ2) is 11.0. The van der Waals surface area contributed by atoms with E-state index in [1.54, 1.807) is 0 Å². The number of alkyl halides is 4. The van der Waals surface area contributed by atoms with Gasteiger partial charge in [-0.25, -0.2) is 0 Å². The molecule has 0 aliphatic carbocycles. The molecule has 0 saturated carbocycles. The Balaban J connectivity index is 3.50. The summed E-state index contributed by atoms with van der Waals surface area (Å²) in [4.78, 5) is 1.51. The van der Waals surface area contributed by atoms with Crippen molar-refractivity contribution >= 4 is 63.7 Å². The first-order valence-corrected chi connectivity index (χ1v) is 9.04. The molecular formula is C10H18Br4O. The molecule has 92 valence electrons. The van der Waals surface area contributed by atoms with Crippen LogP contribution in [0.3, 0.4) is 0 Å². The van der Waals surface area contributed by atoms with Crippen LogP contribution in [0.4, 0.5) is 0 Å². The molecule has 0 radical (unpaired) electrons. The number of rotatable bonds is 9. The van der Waals surface area contributed by atoms with Gasteiger partial charge in [0.15, 0.2) is 0 Å². The number of hydrogen-bond donors (Lipinski definition) is 0. The maximum Gasteiger partial charge on any atom is 0.0602 e. The molecule has 0 fully saturated rings. The molecule has 0 heterocycles. The van der Waals surface area contributed by atoms with Crippen molar-refractivity contribution in [2.45, 2.75) is 40.7 Å². The van der Waals surface area contributed by atoms with Crippen LogP contribution >= 0.6 is 63.7 Å². The Morgan fingerprint density at radius 2 is 1.73 bits per heavy atom. The highest BCUT2D eigenvalue weighted by atomic mass is 79.9. The van der Waals surface area contributed by atoms with Gasteiger partial charge in [0.25, 0.3) is 0 Å². The Kier molecular flexibility index (Phi) is 12.4. The molecule has 1 nitrogen and oxygen atoms in total. The van der Waals surface area contributed by atoms with Crippen molar-refractivity contribution in [2.24, 2.45) is 0 Å². The molecule has 3 atom stereocenters. The molecule has 0 spiro atoms. The smallest absolute Gasteiger partial charge is 0.0602 e. The number of ether oxygens (including phenoxy) is 1. The van der Waals surface area contributed by atoms with E-state index in [0.717, 1.165) is 18.5 Å². The fourth-order valence-corrected chi connectivity index (χ4v) is 2.70. The maximum atomic E-state index is 5.37. The van der Waals surface area contributed by atoms with Gasteiger partial charge in [0, 0.05) is 21.6 Å². The molecule has 0 aromatic rings. The zero-order valence-electron chi connectivity index (χ0n) is 8.89. The number of halogens is 4. The van der Waals surface area contributed by atoms with Gasteiger partial charge in [0.05, 0.1) is 11.4 Å². The normalized spacial score (nSPS) is 17.4. The minimum atomic E-state index is 0.412. The SMILES string of the molecule is CCOCC(Br)C(Br)CCCC(Br)CBr. The highest BCUT2D eigenvalue weighted by Gasteiger charge is 2.15. The molecule has 0 rings (SSSR count). The molecule has 0 saturated heterocycles. The summed E-state index contributed by atoms with van der Waals surface area (Å²) in [6.45, 7) is 3.59. The Morgan fingerprint density at radius 1 is 1.07 bits per heavy atom. The minimum absolute atomic E-state index is 0.412. The largest absolute Gasteiger partial charge is 0.381 e. The molecule has 0 aliphatic rings. The molecular weight excluding hydrogens is 456 g/mol. The predicted molar refractivity (Wildman–Crippen MR) is 82.3 cm³/mol. The number of hydrogen-bond acceptors (Lipinski definition) is 1. The Morgan fingerprint density at radius 3 is 2.27 bits per heavy atom. The second-order valence-corrected chi connectivity index (χ2v) is 7.67. The first-order chi connectivity index (χ1) is 7.11. The topological polar surface area (TPSA) is 9.23 Å². The standard InChI is InChI=1S/C10H18Br4O/c1-2-15-7-10(14)9(13)5-3-4-8(12)6-11/h8-10H,2-7H2,1H3. The van der Waals surface area contributed by atoms with Crippen LogP contribution in [0.5, 0.6) is 0 Å². The summed E-state index contributed by atoms with van der Waals surface area (Å²) in [5, 5.41) is 1.02. The molecule has 15 heavy (non-hydrogen) atoms. The van der Waals surface area contributed by atoms with Crippen molar-refractivity contribution in [1.29, 1.82) is 0 Å². The van der Waals surface area contributed by atoms with Crippen molar-refractivity contribution in [3.63, 3.8) is 0 Å². The summed E-state index contributed by atoms with van der Waals surface area (Å²) in [6, 6.07) is 0. The van der Waals surface area contributed by atoms with Gasteiger partial charge in [-0.1, -0.05) is 70.1 Å². The van der Waals surface area contributed by atoms with E-state index in [9.17, 15) is 0 Å². The molecule has 0 amide bonds. The average molecular weight is 474 g/mol. The third-order valence-corrected chi connectivity index (χ3v) is 7.18. The van der Waals surface area contributed by atoms with Crippen LogP contribution in [0.1, 0.15) is 26.2 Å². The fourth-order valence-electron chi connectivity index (χ4n) is 1.13. The van der Waals surface area contributed by atoms with Gasteiger partial charge in [-0.2, -0.15) is 0 Å². The summed E-state index contributed by atoms with van der Waals surface area (Å²) in [6.07, 6.45) is 3.62. The van der Waals surface area contributed by atoms with Crippen LogP contribution in [0, 0.1) is 0 Å². The lowest BCUT2D eigenvalue weighted by molar-refractivity contribution is 0.149. The van der Waals surface area contributed by atoms with Crippen LogP contribution < -0.4 is 0 Å². The molecule has 5 heteroatoms. The molecule has 3 unspecified atom stereocenters. The first kappa shape index (κ1) is 16.9. The lowest BCUT2D eigenvalue weighted by atomic mass is 10.1. The minimum Gasteiger partial charge on any atom is -0.381 e. The summed E-state index contributed by atoms with van der Waals surface area (Å²) < 4.78 is 5.37. The van der Waals surface area contributed by atoms with E-state index < -0.39 is 0 Å². The van der Waals surface area contributed by atoms with Crippen molar-refractivity contribution in [3.8, 4) is 0 Å². The predicted octanol–water partition coefficient (Wildman–Crippen LogP) is 4.88. The lowest BCUT2D eigenvalue weighted by Gasteiger charge is -2.16. The van der Waals surface area contributed by atoms with Crippen LogP contribution in [0.2, 0.25) is 0 Å². The van der Waals surface area contributed by atoms with Crippen molar-refractivity contribution in [1.82, 2.24) is 0 Å². The Hall–Kier alpha value is 1.88. The highest BCUT2D eigenvalue weighted by molar-refractivity contribution is 9.12. The maximum absolute atomic E-state index is 5.37. The lowest BCUT2D eigenvalue weighted by Crippen LogP contribution is -2.20. The Bertz CT molecular complexity index is 145. The van der Waals surface area contributed by atoms with Gasteiger partial charge in [-0.05, 0) is 19.8 Å². The summed E-state index contributed by atoms with van der Waals surface area (Å²) in [5.74, 6) is 0. The van der Waals surface area contributed by atoms with Gasteiger partial charge < -0.3 is 4.74 Å². The molecule has 0 aliphatic heterocycles. The average Bonchev–Trinajstić information content (AvgIpc) is 2.25. The summed E-state index contributed by atoms with van der Waals surface area (Å²) in [7, 11) is 0. The molecule has 0 bridgehead atoms. The van der Waals surface area contributed by atoms with E-state index >= 15 is 0 Å². The third-order valence-electron chi connectivity index (χ3n) is 2.04. The van der Waals surface area contributed by atoms with Gasteiger partial charge in [0.2, 0.25) is 0 Å². The fraction of sp³-hybridized carbons (Fsp3) is 1.00. The van der Waals surface area contributed by atoms with Gasteiger partial charge >= 0.3 is 0 Å². The van der Waals surface area contributed by atoms with Crippen LogP contribution in [-0.2, 0) is 4.74 Å². The quantitative estimate of drug-likeness (QED) is 0.434. The first-order valence-electron chi connectivity index (χ1n) is 5.17. The van der Waals surface area contributed by atoms with Crippen molar-refractivity contribution in [3.05, 3.63) is 0 Å². The van der Waals surface area contributed by atoms with E-state index in [-0.39, 0.29) is 0 Å². The van der Waals surface area contributed by atoms with Crippen LogP contribution in [-0.4, -0.2) is 33.0 Å². The molecule has 0 aromatic carbocycles. The third kappa shape index (κ3) is 9.57. The van der Waals surface area contributed by atoms with Crippen LogP contribution in [0.15, 0.2) is 0 Å². The van der Waals surface area contributed by atoms with Gasteiger partial charge in [0.1, 0.15) is 0 Å². The summed E-state index contributed by atoms with van der Waals surface area (Å²) >= 11 is 14.4. The monoisotopic (exact) mass is 470 g/mol. The van der Waals surface area contributed by atoms with E-state index in [1.165, 1.54) is 19.3 Å². The van der Waals surface area contributed by atoms with Crippen molar-refractivity contribution in [2.75, 3.05) is 18.5 Å². The summed E-state index contributed by atoms with van der Waals surface area (Å²) in [5.41, 5.74) is 0. The highest BCUT2D eigenvalue weighted by Crippen LogP contribution is 2.22. The van der Waals surface area contributed by atoms with E-state index in [2.05, 4.69) is 63.7 Å². The van der Waals surface area contributed by atoms with E-state index in [0.29, 0.717) is 14.5 Å². The van der Waals surface area contributed by atoms with E-state index in [4.69, 9.17) is 4.74 Å². The molecule has 0 N–H and O–H groups in total. The van der Waals surface area contributed by atoms with Gasteiger partial charge in [-0.3, -0.25) is 0 Å². The Labute approximate surface area is 127 Å². The zero-order chi connectivity index (χ0) is 11.7. The second-order valence-electron chi connectivity index (χ2n) is 3.37. The molecule has 0 aromatic heterocycles. The van der Waals surface area contributed by atoms with Gasteiger partial charge in [-0.15, -0.1) is 0 Å². The van der Waals surface area contributed by atoms with Crippen LogP contribution in [0.25, 0.3) is 0 Å². The van der Waals surface area contributed by atoms with Crippen molar-refractivity contribution < 1.29 is 4.74 Å². The van der Waals surface area contributed by atoms with E-state index in [1.807, 2.05) is 6.92 Å². The zero-order valence-corrected chi connectivity index (χ0v) is 15.2.